The van der Waals surface area contributed by atoms with E-state index in [1.807, 2.05) is 67.5 Å². The van der Waals surface area contributed by atoms with Crippen LogP contribution in [0.5, 0.6) is 0 Å². The quantitative estimate of drug-likeness (QED) is 0.439. The van der Waals surface area contributed by atoms with Crippen molar-refractivity contribution in [3.8, 4) is 0 Å². The van der Waals surface area contributed by atoms with Crippen molar-refractivity contribution in [3.63, 3.8) is 0 Å². The van der Waals surface area contributed by atoms with Crippen molar-refractivity contribution in [3.05, 3.63) is 30.1 Å². The summed E-state index contributed by atoms with van der Waals surface area (Å²) >= 11 is 0. The minimum atomic E-state index is -3.51. The zero-order valence-corrected chi connectivity index (χ0v) is 20.0. The Morgan fingerprint density at radius 3 is 1.90 bits per heavy atom. The lowest BCUT2D eigenvalue weighted by Crippen LogP contribution is -2.54. The van der Waals surface area contributed by atoms with Crippen molar-refractivity contribution in [2.45, 2.75) is 72.8 Å². The lowest BCUT2D eigenvalue weighted by molar-refractivity contribution is -0.266. The van der Waals surface area contributed by atoms with E-state index in [-0.39, 0.29) is 25.2 Å². The number of hydrogen-bond acceptors (Lipinski definition) is 7. The first-order valence-corrected chi connectivity index (χ1v) is 11.5. The highest BCUT2D eigenvalue weighted by atomic mass is 31.2. The average Bonchev–Trinajstić information content (AvgIpc) is 2.57. The maximum Gasteiger partial charge on any atom is 0.350 e. The molecule has 0 fully saturated rings. The summed E-state index contributed by atoms with van der Waals surface area (Å²) in [5, 5.41) is 1.76. The van der Waals surface area contributed by atoms with Crippen LogP contribution in [0.15, 0.2) is 24.5 Å². The second-order valence-corrected chi connectivity index (χ2v) is 10.8. The maximum atomic E-state index is 13.8. The van der Waals surface area contributed by atoms with E-state index in [1.54, 1.807) is 17.5 Å². The van der Waals surface area contributed by atoms with Gasteiger partial charge in [0.05, 0.1) is 13.2 Å². The van der Waals surface area contributed by atoms with Gasteiger partial charge in [0.1, 0.15) is 11.9 Å². The molecule has 0 saturated carbocycles. The molecule has 0 spiro atoms. The summed E-state index contributed by atoms with van der Waals surface area (Å²) in [6, 6.07) is 3.74. The Hall–Kier alpha value is -0.860. The van der Waals surface area contributed by atoms with Crippen molar-refractivity contribution >= 4 is 7.60 Å². The fourth-order valence-corrected chi connectivity index (χ4v) is 5.71. The second-order valence-electron chi connectivity index (χ2n) is 8.72. The van der Waals surface area contributed by atoms with Gasteiger partial charge in [-0.15, -0.1) is 0 Å². The summed E-state index contributed by atoms with van der Waals surface area (Å²) in [5.74, 6) is -0.629. The molecule has 0 aromatic carbocycles. The van der Waals surface area contributed by atoms with Crippen LogP contribution >= 0.6 is 7.60 Å². The topological polar surface area (TPSA) is 118 Å². The van der Waals surface area contributed by atoms with Crippen LogP contribution in [-0.2, 0) is 18.5 Å². The first-order chi connectivity index (χ1) is 12.9. The van der Waals surface area contributed by atoms with E-state index in [4.69, 9.17) is 19.6 Å². The molecule has 170 valence electrons. The first kappa shape index (κ1) is 28.1. The minimum absolute atomic E-state index is 0. The molecule has 1 heterocycles. The summed E-state index contributed by atoms with van der Waals surface area (Å²) in [7, 11) is -3.51. The molecule has 0 aliphatic carbocycles. The summed E-state index contributed by atoms with van der Waals surface area (Å²) in [5.41, 5.74) is 6.00. The normalized spacial score (nSPS) is 15.1. The number of pyridine rings is 1. The lowest BCUT2D eigenvalue weighted by atomic mass is 9.94. The van der Waals surface area contributed by atoms with Gasteiger partial charge in [0.25, 0.3) is 0 Å². The minimum Gasteiger partial charge on any atom is -0.412 e. The van der Waals surface area contributed by atoms with Gasteiger partial charge in [-0.1, -0.05) is 20.8 Å². The second kappa shape index (κ2) is 11.5. The molecule has 0 saturated heterocycles. The SMILES string of the molecule is CCOP(=O)(OCC)[C@@H](N(O[C@@H](CN)c1ccncc1)C(C)(C)C)C(C)(C)C.O. The van der Waals surface area contributed by atoms with Crippen LogP contribution in [0.2, 0.25) is 0 Å². The van der Waals surface area contributed by atoms with Crippen LogP contribution < -0.4 is 5.73 Å². The fourth-order valence-electron chi connectivity index (χ4n) is 3.03. The molecule has 2 atom stereocenters. The molecular formula is C20H40N3O5P. The molecule has 0 aliphatic heterocycles. The average molecular weight is 434 g/mol. The van der Waals surface area contributed by atoms with Crippen molar-refractivity contribution in [1.82, 2.24) is 10.0 Å². The van der Waals surface area contributed by atoms with Crippen molar-refractivity contribution in [2.24, 2.45) is 11.1 Å². The van der Waals surface area contributed by atoms with Gasteiger partial charge in [0.2, 0.25) is 0 Å². The fraction of sp³-hybridized carbons (Fsp3) is 0.750. The van der Waals surface area contributed by atoms with Crippen LogP contribution in [0.25, 0.3) is 0 Å². The highest BCUT2D eigenvalue weighted by Crippen LogP contribution is 2.61. The maximum absolute atomic E-state index is 13.8. The van der Waals surface area contributed by atoms with Gasteiger partial charge in [0, 0.05) is 24.5 Å². The van der Waals surface area contributed by atoms with Gasteiger partial charge < -0.3 is 20.3 Å². The molecule has 1 aromatic heterocycles. The van der Waals surface area contributed by atoms with Crippen molar-refractivity contribution in [1.29, 1.82) is 0 Å². The van der Waals surface area contributed by atoms with Gasteiger partial charge in [-0.3, -0.25) is 14.4 Å². The summed E-state index contributed by atoms with van der Waals surface area (Å²) in [6.45, 7) is 16.5. The van der Waals surface area contributed by atoms with Gasteiger partial charge in [-0.25, -0.2) is 0 Å². The first-order valence-electron chi connectivity index (χ1n) is 9.85. The van der Waals surface area contributed by atoms with Crippen LogP contribution in [0.3, 0.4) is 0 Å². The molecule has 9 heteroatoms. The van der Waals surface area contributed by atoms with Gasteiger partial charge in [-0.05, 0) is 57.7 Å². The van der Waals surface area contributed by atoms with Gasteiger partial charge in [0.15, 0.2) is 0 Å². The Kier molecular flexibility index (Phi) is 11.2. The Morgan fingerprint density at radius 2 is 1.55 bits per heavy atom. The van der Waals surface area contributed by atoms with E-state index in [9.17, 15) is 4.57 Å². The van der Waals surface area contributed by atoms with Gasteiger partial charge >= 0.3 is 7.60 Å². The van der Waals surface area contributed by atoms with Crippen molar-refractivity contribution in [2.75, 3.05) is 19.8 Å². The van der Waals surface area contributed by atoms with Gasteiger partial charge in [-0.2, -0.15) is 5.06 Å². The third kappa shape index (κ3) is 7.72. The van der Waals surface area contributed by atoms with Crippen molar-refractivity contribution < 1.29 is 23.9 Å². The molecular weight excluding hydrogens is 393 g/mol. The van der Waals surface area contributed by atoms with Crippen LogP contribution in [0.1, 0.15) is 67.1 Å². The molecule has 1 rings (SSSR count). The molecule has 4 N–H and O–H groups in total. The highest BCUT2D eigenvalue weighted by Gasteiger charge is 2.51. The zero-order valence-electron chi connectivity index (χ0n) is 19.1. The van der Waals surface area contributed by atoms with Crippen LogP contribution in [-0.4, -0.2) is 46.6 Å². The van der Waals surface area contributed by atoms with Crippen LogP contribution in [0.4, 0.5) is 0 Å². The van der Waals surface area contributed by atoms with E-state index in [2.05, 4.69) is 4.98 Å². The Balaban J connectivity index is 0.00000784. The van der Waals surface area contributed by atoms with E-state index in [0.29, 0.717) is 0 Å². The number of nitrogens with two attached hydrogens (primary N) is 1. The molecule has 0 bridgehead atoms. The van der Waals surface area contributed by atoms with E-state index >= 15 is 0 Å². The highest BCUT2D eigenvalue weighted by molar-refractivity contribution is 7.54. The Labute approximate surface area is 175 Å². The molecule has 29 heavy (non-hydrogen) atoms. The van der Waals surface area contributed by atoms with E-state index < -0.39 is 30.4 Å². The molecule has 8 nitrogen and oxygen atoms in total. The monoisotopic (exact) mass is 433 g/mol. The molecule has 0 amide bonds. The third-order valence-electron chi connectivity index (χ3n) is 4.11. The predicted octanol–water partition coefficient (Wildman–Crippen LogP) is 3.93. The molecule has 0 radical (unpaired) electrons. The number of aromatic nitrogens is 1. The summed E-state index contributed by atoms with van der Waals surface area (Å²) in [6.07, 6.45) is 2.99. The Morgan fingerprint density at radius 1 is 1.07 bits per heavy atom. The number of hydrogen-bond donors (Lipinski definition) is 1. The largest absolute Gasteiger partial charge is 0.412 e. The smallest absolute Gasteiger partial charge is 0.350 e. The summed E-state index contributed by atoms with van der Waals surface area (Å²) in [4.78, 5) is 10.5. The van der Waals surface area contributed by atoms with E-state index in [0.717, 1.165) is 5.56 Å². The number of hydroxylamine groups is 2. The third-order valence-corrected chi connectivity index (χ3v) is 6.93. The van der Waals surface area contributed by atoms with Crippen LogP contribution in [0, 0.1) is 5.41 Å². The molecule has 0 aliphatic rings. The number of nitrogens with zero attached hydrogens (tertiary/aromatic N) is 2. The molecule has 1 aromatic rings. The standard InChI is InChI=1S/C20H38N3O4P.H2O/c1-9-25-28(24,26-10-2)18(19(3,4)5)23(20(6,7)8)27-17(15-21)16-11-13-22-14-12-16;/h11-14,17-18H,9-10,15,21H2,1-8H3;1H2/t17-,18+;/m0./s1. The predicted molar refractivity (Wildman–Crippen MR) is 116 cm³/mol. The zero-order chi connectivity index (χ0) is 21.6. The number of rotatable bonds is 10. The summed E-state index contributed by atoms with van der Waals surface area (Å²) < 4.78 is 25.3. The lowest BCUT2D eigenvalue weighted by Gasteiger charge is -2.48. The molecule has 0 unspecified atom stereocenters. The van der Waals surface area contributed by atoms with E-state index in [1.165, 1.54) is 0 Å². The Bertz CT molecular complexity index is 621.